The Morgan fingerprint density at radius 3 is 2.44 bits per heavy atom. The summed E-state index contributed by atoms with van der Waals surface area (Å²) in [6.45, 7) is 2.76. The summed E-state index contributed by atoms with van der Waals surface area (Å²) >= 11 is 0. The van der Waals surface area contributed by atoms with Gasteiger partial charge < -0.3 is 10.0 Å². The highest BCUT2D eigenvalue weighted by atomic mass is 32.2. The first-order chi connectivity index (χ1) is 11.6. The molecule has 134 valence electrons. The zero-order chi connectivity index (χ0) is 18.2. The third-order valence-corrected chi connectivity index (χ3v) is 5.29. The molecule has 1 unspecified atom stereocenters. The fourth-order valence-electron chi connectivity index (χ4n) is 2.69. The van der Waals surface area contributed by atoms with Gasteiger partial charge in [0.2, 0.25) is 0 Å². The Morgan fingerprint density at radius 1 is 1.24 bits per heavy atom. The second-order valence-electron chi connectivity index (χ2n) is 6.28. The predicted molar refractivity (Wildman–Crippen MR) is 88.9 cm³/mol. The van der Waals surface area contributed by atoms with E-state index >= 15 is 0 Å². The molecule has 1 aromatic carbocycles. The van der Waals surface area contributed by atoms with Crippen LogP contribution in [0.3, 0.4) is 0 Å². The van der Waals surface area contributed by atoms with E-state index in [0.717, 1.165) is 12.1 Å². The first-order valence-corrected chi connectivity index (χ1v) is 9.05. The maximum Gasteiger partial charge on any atom is 0.263 e. The van der Waals surface area contributed by atoms with E-state index in [0.29, 0.717) is 31.4 Å². The van der Waals surface area contributed by atoms with Crippen molar-refractivity contribution in [3.63, 3.8) is 0 Å². The van der Waals surface area contributed by atoms with E-state index in [2.05, 4.69) is 9.71 Å². The van der Waals surface area contributed by atoms with E-state index in [4.69, 9.17) is 0 Å². The number of nitrogens with zero attached hydrogens (tertiary/aromatic N) is 2. The van der Waals surface area contributed by atoms with Gasteiger partial charge in [0, 0.05) is 25.4 Å². The Kier molecular flexibility index (Phi) is 4.38. The molecule has 1 fully saturated rings. The number of aliphatic hydroxyl groups is 1. The molecule has 1 aliphatic heterocycles. The minimum atomic E-state index is -4.02. The summed E-state index contributed by atoms with van der Waals surface area (Å²) in [6, 6.07) is 5.30. The summed E-state index contributed by atoms with van der Waals surface area (Å²) in [6.07, 6.45) is 1.77. The van der Waals surface area contributed by atoms with Crippen molar-refractivity contribution >= 4 is 21.5 Å². The Balaban J connectivity index is 1.79. The number of β-amino-alcohol motifs (C(OH)–C–C–N with tert-alkyl or cyclic N) is 1. The molecular formula is C16H17F2N3O3S. The summed E-state index contributed by atoms with van der Waals surface area (Å²) in [5.41, 5.74) is -1.01. The van der Waals surface area contributed by atoms with Crippen LogP contribution in [0.15, 0.2) is 41.4 Å². The standard InChI is InChI=1S/C16H17F2N3O3S/c1-16(22)4-5-21(10-16)15-3-2-14(9-19-15)25(23,24)20-13-7-11(17)6-12(18)8-13/h2-3,6-9,20,22H,4-5,10H2,1H3. The molecular weight excluding hydrogens is 352 g/mol. The van der Waals surface area contributed by atoms with Crippen LogP contribution in [0.5, 0.6) is 0 Å². The average molecular weight is 369 g/mol. The zero-order valence-electron chi connectivity index (χ0n) is 13.4. The molecule has 9 heteroatoms. The van der Waals surface area contributed by atoms with Gasteiger partial charge in [-0.25, -0.2) is 22.2 Å². The van der Waals surface area contributed by atoms with Crippen molar-refractivity contribution in [3.8, 4) is 0 Å². The van der Waals surface area contributed by atoms with Gasteiger partial charge in [-0.2, -0.15) is 0 Å². The SMILES string of the molecule is CC1(O)CCN(c2ccc(S(=O)(=O)Nc3cc(F)cc(F)c3)cn2)C1. The highest BCUT2D eigenvalue weighted by Crippen LogP contribution is 2.26. The van der Waals surface area contributed by atoms with Crippen molar-refractivity contribution in [2.24, 2.45) is 0 Å². The Morgan fingerprint density at radius 2 is 1.92 bits per heavy atom. The fraction of sp³-hybridized carbons (Fsp3) is 0.312. The molecule has 1 atom stereocenters. The van der Waals surface area contributed by atoms with E-state index in [1.807, 2.05) is 4.90 Å². The van der Waals surface area contributed by atoms with Crippen LogP contribution in [0.25, 0.3) is 0 Å². The van der Waals surface area contributed by atoms with E-state index in [9.17, 15) is 22.3 Å². The van der Waals surface area contributed by atoms with E-state index in [-0.39, 0.29) is 10.6 Å². The van der Waals surface area contributed by atoms with Crippen LogP contribution in [-0.4, -0.2) is 37.2 Å². The molecule has 0 bridgehead atoms. The topological polar surface area (TPSA) is 82.5 Å². The van der Waals surface area contributed by atoms with Crippen molar-refractivity contribution in [1.29, 1.82) is 0 Å². The van der Waals surface area contributed by atoms with Crippen molar-refractivity contribution in [1.82, 2.24) is 4.98 Å². The van der Waals surface area contributed by atoms with Crippen LogP contribution in [0, 0.1) is 11.6 Å². The van der Waals surface area contributed by atoms with Crippen molar-refractivity contribution in [2.45, 2.75) is 23.8 Å². The molecule has 1 aromatic heterocycles. The van der Waals surface area contributed by atoms with Gasteiger partial charge in [-0.3, -0.25) is 4.72 Å². The lowest BCUT2D eigenvalue weighted by Crippen LogP contribution is -2.30. The minimum Gasteiger partial charge on any atom is -0.388 e. The molecule has 3 rings (SSSR count). The molecule has 0 saturated carbocycles. The summed E-state index contributed by atoms with van der Waals surface area (Å²) in [4.78, 5) is 5.84. The Labute approximate surface area is 144 Å². The molecule has 25 heavy (non-hydrogen) atoms. The largest absolute Gasteiger partial charge is 0.388 e. The summed E-state index contributed by atoms with van der Waals surface area (Å²) in [5.74, 6) is -1.21. The van der Waals surface area contributed by atoms with Crippen LogP contribution in [0.1, 0.15) is 13.3 Å². The number of rotatable bonds is 4. The van der Waals surface area contributed by atoms with Gasteiger partial charge in [0.15, 0.2) is 0 Å². The van der Waals surface area contributed by atoms with Crippen molar-refractivity contribution < 1.29 is 22.3 Å². The highest BCUT2D eigenvalue weighted by Gasteiger charge is 2.32. The second kappa shape index (κ2) is 6.23. The fourth-order valence-corrected chi connectivity index (χ4v) is 3.67. The summed E-state index contributed by atoms with van der Waals surface area (Å²) in [5, 5.41) is 9.98. The molecule has 1 saturated heterocycles. The van der Waals surface area contributed by atoms with Gasteiger partial charge in [-0.1, -0.05) is 0 Å². The molecule has 2 heterocycles. The van der Waals surface area contributed by atoms with Crippen molar-refractivity contribution in [2.75, 3.05) is 22.7 Å². The van der Waals surface area contributed by atoms with Crippen LogP contribution in [-0.2, 0) is 10.0 Å². The number of hydrogen-bond acceptors (Lipinski definition) is 5. The van der Waals surface area contributed by atoms with Crippen molar-refractivity contribution in [3.05, 3.63) is 48.2 Å². The number of aromatic nitrogens is 1. The van der Waals surface area contributed by atoms with Crippen LogP contribution >= 0.6 is 0 Å². The molecule has 2 N–H and O–H groups in total. The molecule has 1 aliphatic rings. The van der Waals surface area contributed by atoms with Gasteiger partial charge in [-0.15, -0.1) is 0 Å². The molecule has 0 radical (unpaired) electrons. The predicted octanol–water partition coefficient (Wildman–Crippen LogP) is 2.12. The number of hydrogen-bond donors (Lipinski definition) is 2. The highest BCUT2D eigenvalue weighted by molar-refractivity contribution is 7.92. The lowest BCUT2D eigenvalue weighted by Gasteiger charge is -2.20. The number of sulfonamides is 1. The lowest BCUT2D eigenvalue weighted by atomic mass is 10.1. The smallest absolute Gasteiger partial charge is 0.263 e. The number of benzene rings is 1. The monoisotopic (exact) mass is 369 g/mol. The summed E-state index contributed by atoms with van der Waals surface area (Å²) < 4.78 is 53.1. The molecule has 0 amide bonds. The third-order valence-electron chi connectivity index (χ3n) is 3.92. The first-order valence-electron chi connectivity index (χ1n) is 7.57. The zero-order valence-corrected chi connectivity index (χ0v) is 14.2. The molecule has 0 aliphatic carbocycles. The second-order valence-corrected chi connectivity index (χ2v) is 7.97. The van der Waals surface area contributed by atoms with E-state index in [1.165, 1.54) is 18.3 Å². The maximum absolute atomic E-state index is 13.2. The van der Waals surface area contributed by atoms with Gasteiger partial charge in [-0.05, 0) is 37.6 Å². The van der Waals surface area contributed by atoms with Crippen LogP contribution in [0.4, 0.5) is 20.3 Å². The number of anilines is 2. The number of nitrogens with one attached hydrogen (secondary N) is 1. The lowest BCUT2D eigenvalue weighted by molar-refractivity contribution is 0.0839. The Bertz CT molecular complexity index is 866. The molecule has 6 nitrogen and oxygen atoms in total. The molecule has 2 aromatic rings. The molecule has 0 spiro atoms. The minimum absolute atomic E-state index is 0.133. The van der Waals surface area contributed by atoms with Gasteiger partial charge in [0.1, 0.15) is 22.3 Å². The van der Waals surface area contributed by atoms with Gasteiger partial charge in [0.05, 0.1) is 11.3 Å². The van der Waals surface area contributed by atoms with Crippen LogP contribution in [0.2, 0.25) is 0 Å². The number of pyridine rings is 1. The number of halogens is 2. The Hall–Kier alpha value is -2.26. The summed E-state index contributed by atoms with van der Waals surface area (Å²) in [7, 11) is -4.02. The van der Waals surface area contributed by atoms with E-state index in [1.54, 1.807) is 6.92 Å². The maximum atomic E-state index is 13.2. The van der Waals surface area contributed by atoms with Gasteiger partial charge >= 0.3 is 0 Å². The third kappa shape index (κ3) is 4.05. The van der Waals surface area contributed by atoms with Gasteiger partial charge in [0.25, 0.3) is 10.0 Å². The first kappa shape index (κ1) is 17.6. The average Bonchev–Trinajstić information content (AvgIpc) is 2.86. The quantitative estimate of drug-likeness (QED) is 0.863. The van der Waals surface area contributed by atoms with Crippen LogP contribution < -0.4 is 9.62 Å². The van der Waals surface area contributed by atoms with E-state index < -0.39 is 27.3 Å². The normalized spacial score (nSPS) is 20.7.